The lowest BCUT2D eigenvalue weighted by atomic mass is 9.92. The Bertz CT molecular complexity index is 372. The molecule has 17 heavy (non-hydrogen) atoms. The standard InChI is InChI=1S/C14H22N2S/c1-11(13-4-3-9-17-13)16-8-7-15-14(2,10-16)12-5-6-12/h3-4,9,11-12,15H,5-8,10H2,1-2H3. The van der Waals surface area contributed by atoms with Crippen molar-refractivity contribution in [1.29, 1.82) is 0 Å². The van der Waals surface area contributed by atoms with Crippen molar-refractivity contribution < 1.29 is 0 Å². The van der Waals surface area contributed by atoms with E-state index in [2.05, 4.69) is 41.6 Å². The highest BCUT2D eigenvalue weighted by molar-refractivity contribution is 7.10. The topological polar surface area (TPSA) is 15.3 Å². The van der Waals surface area contributed by atoms with E-state index in [-0.39, 0.29) is 0 Å². The van der Waals surface area contributed by atoms with E-state index >= 15 is 0 Å². The molecule has 1 aromatic heterocycles. The quantitative estimate of drug-likeness (QED) is 0.887. The lowest BCUT2D eigenvalue weighted by molar-refractivity contribution is 0.0959. The van der Waals surface area contributed by atoms with Crippen molar-refractivity contribution in [3.8, 4) is 0 Å². The van der Waals surface area contributed by atoms with Gasteiger partial charge in [-0.25, -0.2) is 0 Å². The minimum atomic E-state index is 0.365. The zero-order valence-corrected chi connectivity index (χ0v) is 11.6. The summed E-state index contributed by atoms with van der Waals surface area (Å²) in [6.07, 6.45) is 2.84. The Labute approximate surface area is 108 Å². The molecule has 2 fully saturated rings. The van der Waals surface area contributed by atoms with Crippen molar-refractivity contribution in [1.82, 2.24) is 10.2 Å². The predicted molar refractivity (Wildman–Crippen MR) is 73.4 cm³/mol. The average molecular weight is 250 g/mol. The summed E-state index contributed by atoms with van der Waals surface area (Å²) in [7, 11) is 0. The third-order valence-corrected chi connectivity index (χ3v) is 5.48. The third-order valence-electron chi connectivity index (χ3n) is 4.44. The van der Waals surface area contributed by atoms with Gasteiger partial charge in [-0.2, -0.15) is 0 Å². The van der Waals surface area contributed by atoms with Crippen LogP contribution in [-0.2, 0) is 0 Å². The molecule has 0 amide bonds. The zero-order valence-electron chi connectivity index (χ0n) is 10.8. The predicted octanol–water partition coefficient (Wildman–Crippen LogP) is 2.88. The molecule has 3 rings (SSSR count). The Balaban J connectivity index is 1.71. The van der Waals surface area contributed by atoms with Crippen LogP contribution in [0.2, 0.25) is 0 Å². The first-order chi connectivity index (χ1) is 8.19. The Kier molecular flexibility index (Phi) is 3.01. The average Bonchev–Trinajstić information content (AvgIpc) is 3.06. The summed E-state index contributed by atoms with van der Waals surface area (Å²) in [5, 5.41) is 5.94. The van der Waals surface area contributed by atoms with E-state index in [0.29, 0.717) is 11.6 Å². The van der Waals surface area contributed by atoms with Crippen LogP contribution >= 0.6 is 11.3 Å². The fourth-order valence-electron chi connectivity index (χ4n) is 3.08. The highest BCUT2D eigenvalue weighted by atomic mass is 32.1. The first-order valence-corrected chi connectivity index (χ1v) is 7.59. The number of rotatable bonds is 3. The van der Waals surface area contributed by atoms with Crippen molar-refractivity contribution in [2.24, 2.45) is 5.92 Å². The van der Waals surface area contributed by atoms with Crippen molar-refractivity contribution in [2.45, 2.75) is 38.3 Å². The normalized spacial score (nSPS) is 32.6. The van der Waals surface area contributed by atoms with E-state index in [1.807, 2.05) is 11.3 Å². The van der Waals surface area contributed by atoms with Crippen molar-refractivity contribution in [3.63, 3.8) is 0 Å². The van der Waals surface area contributed by atoms with Crippen LogP contribution in [0.3, 0.4) is 0 Å². The summed E-state index contributed by atoms with van der Waals surface area (Å²) >= 11 is 1.89. The summed E-state index contributed by atoms with van der Waals surface area (Å²) in [5.74, 6) is 0.917. The number of thiophene rings is 1. The molecule has 2 unspecified atom stereocenters. The van der Waals surface area contributed by atoms with E-state index in [1.54, 1.807) is 0 Å². The summed E-state index contributed by atoms with van der Waals surface area (Å²) in [6.45, 7) is 8.29. The smallest absolute Gasteiger partial charge is 0.0414 e. The minimum absolute atomic E-state index is 0.365. The van der Waals surface area contributed by atoms with Gasteiger partial charge in [0.2, 0.25) is 0 Å². The van der Waals surface area contributed by atoms with Gasteiger partial charge in [0, 0.05) is 36.1 Å². The van der Waals surface area contributed by atoms with Crippen molar-refractivity contribution >= 4 is 11.3 Å². The van der Waals surface area contributed by atoms with Gasteiger partial charge in [0.1, 0.15) is 0 Å². The fraction of sp³-hybridized carbons (Fsp3) is 0.714. The van der Waals surface area contributed by atoms with E-state index in [0.717, 1.165) is 12.5 Å². The highest BCUT2D eigenvalue weighted by Crippen LogP contribution is 2.42. The second-order valence-electron chi connectivity index (χ2n) is 5.78. The number of nitrogens with zero attached hydrogens (tertiary/aromatic N) is 1. The summed E-state index contributed by atoms with van der Waals surface area (Å²) in [4.78, 5) is 4.16. The van der Waals surface area contributed by atoms with Crippen LogP contribution in [0.4, 0.5) is 0 Å². The van der Waals surface area contributed by atoms with Crippen LogP contribution in [0.25, 0.3) is 0 Å². The Hall–Kier alpha value is -0.380. The van der Waals surface area contributed by atoms with E-state index in [1.165, 1.54) is 30.8 Å². The number of piperazine rings is 1. The molecule has 1 N–H and O–H groups in total. The molecule has 1 aliphatic carbocycles. The Morgan fingerprint density at radius 1 is 1.53 bits per heavy atom. The van der Waals surface area contributed by atoms with Gasteiger partial charge in [0.25, 0.3) is 0 Å². The SMILES string of the molecule is CC(c1cccs1)N1CCNC(C)(C2CC2)C1. The van der Waals surface area contributed by atoms with Crippen LogP contribution in [0.15, 0.2) is 17.5 Å². The van der Waals surface area contributed by atoms with Crippen LogP contribution in [0, 0.1) is 5.92 Å². The highest BCUT2D eigenvalue weighted by Gasteiger charge is 2.44. The molecule has 1 saturated carbocycles. The van der Waals surface area contributed by atoms with Gasteiger partial charge in [-0.3, -0.25) is 4.90 Å². The van der Waals surface area contributed by atoms with Crippen LogP contribution < -0.4 is 5.32 Å². The van der Waals surface area contributed by atoms with Gasteiger partial charge in [-0.1, -0.05) is 6.07 Å². The lowest BCUT2D eigenvalue weighted by Gasteiger charge is -2.44. The molecule has 1 saturated heterocycles. The first kappa shape index (κ1) is 11.7. The second kappa shape index (κ2) is 4.38. The molecule has 2 heterocycles. The van der Waals surface area contributed by atoms with Crippen LogP contribution in [-0.4, -0.2) is 30.1 Å². The molecule has 1 aliphatic heterocycles. The van der Waals surface area contributed by atoms with Crippen molar-refractivity contribution in [2.75, 3.05) is 19.6 Å². The molecule has 0 spiro atoms. The van der Waals surface area contributed by atoms with E-state index in [4.69, 9.17) is 0 Å². The molecule has 2 atom stereocenters. The van der Waals surface area contributed by atoms with Gasteiger partial charge < -0.3 is 5.32 Å². The van der Waals surface area contributed by atoms with Crippen LogP contribution in [0.1, 0.15) is 37.6 Å². The molecule has 0 radical (unpaired) electrons. The largest absolute Gasteiger partial charge is 0.309 e. The molecular weight excluding hydrogens is 228 g/mol. The van der Waals surface area contributed by atoms with E-state index < -0.39 is 0 Å². The number of nitrogens with one attached hydrogen (secondary N) is 1. The van der Waals surface area contributed by atoms with Gasteiger partial charge in [-0.05, 0) is 44.1 Å². The monoisotopic (exact) mass is 250 g/mol. The molecule has 1 aromatic rings. The molecule has 0 bridgehead atoms. The molecule has 94 valence electrons. The van der Waals surface area contributed by atoms with Crippen LogP contribution in [0.5, 0.6) is 0 Å². The maximum atomic E-state index is 3.75. The second-order valence-corrected chi connectivity index (χ2v) is 6.76. The fourth-order valence-corrected chi connectivity index (χ4v) is 3.89. The van der Waals surface area contributed by atoms with E-state index in [9.17, 15) is 0 Å². The van der Waals surface area contributed by atoms with Gasteiger partial charge in [0.15, 0.2) is 0 Å². The number of hydrogen-bond donors (Lipinski definition) is 1. The summed E-state index contributed by atoms with van der Waals surface area (Å²) in [5.41, 5.74) is 0.365. The Morgan fingerprint density at radius 2 is 2.35 bits per heavy atom. The molecular formula is C14H22N2S. The molecule has 2 nitrogen and oxygen atoms in total. The van der Waals surface area contributed by atoms with Gasteiger partial charge in [-0.15, -0.1) is 11.3 Å². The first-order valence-electron chi connectivity index (χ1n) is 6.71. The minimum Gasteiger partial charge on any atom is -0.309 e. The number of hydrogen-bond acceptors (Lipinski definition) is 3. The summed E-state index contributed by atoms with van der Waals surface area (Å²) < 4.78 is 0. The maximum Gasteiger partial charge on any atom is 0.0414 e. The Morgan fingerprint density at radius 3 is 3.00 bits per heavy atom. The molecule has 3 heteroatoms. The van der Waals surface area contributed by atoms with Gasteiger partial charge >= 0.3 is 0 Å². The maximum absolute atomic E-state index is 3.75. The lowest BCUT2D eigenvalue weighted by Crippen LogP contribution is -2.60. The third kappa shape index (κ3) is 2.28. The van der Waals surface area contributed by atoms with Gasteiger partial charge in [0.05, 0.1) is 0 Å². The molecule has 2 aliphatic rings. The summed E-state index contributed by atoms with van der Waals surface area (Å²) in [6, 6.07) is 5.01. The van der Waals surface area contributed by atoms with Crippen molar-refractivity contribution in [3.05, 3.63) is 22.4 Å². The zero-order chi connectivity index (χ0) is 11.9. The molecule has 0 aromatic carbocycles.